The predicted molar refractivity (Wildman–Crippen MR) is 116 cm³/mol. The van der Waals surface area contributed by atoms with Crippen LogP contribution in [0, 0.1) is 6.92 Å². The molecule has 1 saturated heterocycles. The Hall–Kier alpha value is -3.46. The number of carbonyl (C=O) groups is 2. The zero-order valence-electron chi connectivity index (χ0n) is 16.9. The molecule has 1 atom stereocenters. The molecular weight excluding hydrogens is 420 g/mol. The number of hydrogen-bond donors (Lipinski definition) is 1. The van der Waals surface area contributed by atoms with E-state index in [9.17, 15) is 14.4 Å². The molecule has 0 bridgehead atoms. The molecule has 4 rings (SSSR count). The zero-order valence-corrected chi connectivity index (χ0v) is 17.7. The van der Waals surface area contributed by atoms with Crippen LogP contribution in [0.25, 0.3) is 11.0 Å². The molecule has 1 N–H and O–H groups in total. The second kappa shape index (κ2) is 8.73. The summed E-state index contributed by atoms with van der Waals surface area (Å²) in [5, 5.41) is 1.78. The summed E-state index contributed by atoms with van der Waals surface area (Å²) in [4.78, 5) is 36.3. The van der Waals surface area contributed by atoms with E-state index in [0.29, 0.717) is 17.1 Å². The third kappa shape index (κ3) is 4.51. The molecule has 1 fully saturated rings. The van der Waals surface area contributed by atoms with Gasteiger partial charge in [-0.1, -0.05) is 12.1 Å². The Kier molecular flexibility index (Phi) is 5.85. The van der Waals surface area contributed by atoms with Crippen molar-refractivity contribution >= 4 is 34.5 Å². The van der Waals surface area contributed by atoms with Crippen molar-refractivity contribution in [2.75, 3.05) is 19.5 Å². The van der Waals surface area contributed by atoms with E-state index in [1.165, 1.54) is 22.8 Å². The van der Waals surface area contributed by atoms with Crippen LogP contribution in [0.15, 0.2) is 57.7 Å². The number of benzene rings is 2. The van der Waals surface area contributed by atoms with E-state index in [-0.39, 0.29) is 23.6 Å². The standard InChI is InChI=1S/C22H20N2O6S/c1-13-9-21(27)30-18-10-16(7-8-17(13)18)29-11-19(25)23-24-20(26)12-31-22(24)14-3-5-15(28-2)6-4-14/h3-10,22H,11-12H2,1-2H3,(H,23,25)/t22-/m0/s1. The number of ether oxygens (including phenoxy) is 2. The predicted octanol–water partition coefficient (Wildman–Crippen LogP) is 2.79. The van der Waals surface area contributed by atoms with Gasteiger partial charge in [-0.2, -0.15) is 0 Å². The minimum absolute atomic E-state index is 0.192. The minimum atomic E-state index is -0.472. The number of thioether (sulfide) groups is 1. The second-order valence-corrected chi connectivity index (χ2v) is 8.00. The van der Waals surface area contributed by atoms with Gasteiger partial charge in [-0.05, 0) is 42.3 Å². The van der Waals surface area contributed by atoms with Gasteiger partial charge in [0.2, 0.25) is 0 Å². The first kappa shape index (κ1) is 20.8. The fourth-order valence-electron chi connectivity index (χ4n) is 3.27. The topological polar surface area (TPSA) is 98.1 Å². The number of carbonyl (C=O) groups excluding carboxylic acids is 2. The van der Waals surface area contributed by atoms with Crippen molar-refractivity contribution in [2.45, 2.75) is 12.3 Å². The zero-order chi connectivity index (χ0) is 22.0. The summed E-state index contributed by atoms with van der Waals surface area (Å²) in [6.07, 6.45) is 0. The maximum atomic E-state index is 12.4. The van der Waals surface area contributed by atoms with Crippen molar-refractivity contribution in [3.63, 3.8) is 0 Å². The largest absolute Gasteiger partial charge is 0.497 e. The van der Waals surface area contributed by atoms with E-state index in [1.807, 2.05) is 31.2 Å². The van der Waals surface area contributed by atoms with Gasteiger partial charge in [-0.15, -0.1) is 11.8 Å². The van der Waals surface area contributed by atoms with Crippen LogP contribution < -0.4 is 20.5 Å². The van der Waals surface area contributed by atoms with Crippen LogP contribution in [0.3, 0.4) is 0 Å². The first-order valence-corrected chi connectivity index (χ1v) is 10.5. The Balaban J connectivity index is 1.42. The summed E-state index contributed by atoms with van der Waals surface area (Å²) < 4.78 is 15.9. The van der Waals surface area contributed by atoms with Gasteiger partial charge in [0.05, 0.1) is 12.9 Å². The number of aryl methyl sites for hydroxylation is 1. The Bertz CT molecular complexity index is 1190. The number of rotatable bonds is 6. The molecular formula is C22H20N2O6S. The Morgan fingerprint density at radius 1 is 1.16 bits per heavy atom. The van der Waals surface area contributed by atoms with E-state index in [1.54, 1.807) is 25.3 Å². The van der Waals surface area contributed by atoms with Gasteiger partial charge in [0.15, 0.2) is 6.61 Å². The van der Waals surface area contributed by atoms with Crippen LogP contribution in [0.4, 0.5) is 0 Å². The summed E-state index contributed by atoms with van der Waals surface area (Å²) in [6, 6.07) is 13.8. The first-order chi connectivity index (χ1) is 14.9. The van der Waals surface area contributed by atoms with Gasteiger partial charge in [-0.3, -0.25) is 15.0 Å². The molecule has 9 heteroatoms. The third-order valence-corrected chi connectivity index (χ3v) is 6.02. The van der Waals surface area contributed by atoms with E-state index < -0.39 is 11.5 Å². The lowest BCUT2D eigenvalue weighted by molar-refractivity contribution is -0.140. The van der Waals surface area contributed by atoms with Gasteiger partial charge in [-0.25, -0.2) is 9.80 Å². The molecule has 0 saturated carbocycles. The molecule has 31 heavy (non-hydrogen) atoms. The van der Waals surface area contributed by atoms with E-state index in [0.717, 1.165) is 16.5 Å². The van der Waals surface area contributed by atoms with Crippen LogP contribution in [0.1, 0.15) is 16.5 Å². The molecule has 0 unspecified atom stereocenters. The van der Waals surface area contributed by atoms with Crippen LogP contribution in [0.5, 0.6) is 11.5 Å². The number of fused-ring (bicyclic) bond motifs is 1. The molecule has 1 aliphatic rings. The van der Waals surface area contributed by atoms with Crippen LogP contribution >= 0.6 is 11.8 Å². The quantitative estimate of drug-likeness (QED) is 0.589. The van der Waals surface area contributed by atoms with Crippen LogP contribution in [-0.2, 0) is 9.59 Å². The number of nitrogens with zero attached hydrogens (tertiary/aromatic N) is 1. The highest BCUT2D eigenvalue weighted by molar-refractivity contribution is 8.00. The molecule has 0 aliphatic carbocycles. The lowest BCUT2D eigenvalue weighted by Gasteiger charge is -2.24. The molecule has 1 aromatic heterocycles. The molecule has 3 aromatic rings. The summed E-state index contributed by atoms with van der Waals surface area (Å²) in [5.74, 6) is 0.692. The van der Waals surface area contributed by atoms with Gasteiger partial charge in [0, 0.05) is 17.5 Å². The average Bonchev–Trinajstić information content (AvgIpc) is 3.12. The molecule has 1 aliphatic heterocycles. The molecule has 2 amide bonds. The fraction of sp³-hybridized carbons (Fsp3) is 0.227. The lowest BCUT2D eigenvalue weighted by Crippen LogP contribution is -2.46. The summed E-state index contributed by atoms with van der Waals surface area (Å²) in [5.41, 5.74) is 4.23. The highest BCUT2D eigenvalue weighted by Crippen LogP contribution is 2.37. The lowest BCUT2D eigenvalue weighted by atomic mass is 10.1. The summed E-state index contributed by atoms with van der Waals surface area (Å²) >= 11 is 1.42. The van der Waals surface area contributed by atoms with Crippen molar-refractivity contribution in [3.05, 3.63) is 70.1 Å². The molecule has 2 aromatic carbocycles. The average molecular weight is 440 g/mol. The van der Waals surface area contributed by atoms with Gasteiger partial charge in [0.25, 0.3) is 11.8 Å². The Labute approximate surface area is 182 Å². The number of hydrazine groups is 1. The Morgan fingerprint density at radius 3 is 2.65 bits per heavy atom. The molecule has 0 spiro atoms. The number of amides is 2. The highest BCUT2D eigenvalue weighted by atomic mass is 32.2. The highest BCUT2D eigenvalue weighted by Gasteiger charge is 2.34. The van der Waals surface area contributed by atoms with Gasteiger partial charge >= 0.3 is 5.63 Å². The van der Waals surface area contributed by atoms with E-state index >= 15 is 0 Å². The maximum absolute atomic E-state index is 12.4. The smallest absolute Gasteiger partial charge is 0.336 e. The number of nitrogens with one attached hydrogen (secondary N) is 1. The van der Waals surface area contributed by atoms with Crippen molar-refractivity contribution in [2.24, 2.45) is 0 Å². The van der Waals surface area contributed by atoms with Gasteiger partial charge in [0.1, 0.15) is 22.5 Å². The minimum Gasteiger partial charge on any atom is -0.497 e. The molecule has 0 radical (unpaired) electrons. The van der Waals surface area contributed by atoms with Crippen molar-refractivity contribution in [3.8, 4) is 11.5 Å². The Morgan fingerprint density at radius 2 is 1.90 bits per heavy atom. The normalized spacial score (nSPS) is 15.9. The van der Waals surface area contributed by atoms with Crippen LogP contribution in [-0.4, -0.2) is 36.3 Å². The molecule has 160 valence electrons. The van der Waals surface area contributed by atoms with Crippen molar-refractivity contribution < 1.29 is 23.5 Å². The summed E-state index contributed by atoms with van der Waals surface area (Å²) in [6.45, 7) is 1.52. The number of methoxy groups -OCH3 is 1. The SMILES string of the molecule is COc1ccc([C@@H]2SCC(=O)N2NC(=O)COc2ccc3c(C)cc(=O)oc3c2)cc1. The fourth-order valence-corrected chi connectivity index (χ4v) is 4.38. The van der Waals surface area contributed by atoms with Crippen LogP contribution in [0.2, 0.25) is 0 Å². The monoisotopic (exact) mass is 440 g/mol. The number of hydrogen-bond acceptors (Lipinski definition) is 7. The summed E-state index contributed by atoms with van der Waals surface area (Å²) in [7, 11) is 1.58. The third-order valence-electron chi connectivity index (χ3n) is 4.81. The van der Waals surface area contributed by atoms with E-state index in [4.69, 9.17) is 13.9 Å². The van der Waals surface area contributed by atoms with Gasteiger partial charge < -0.3 is 13.9 Å². The van der Waals surface area contributed by atoms with Crippen molar-refractivity contribution in [1.82, 2.24) is 10.4 Å². The maximum Gasteiger partial charge on any atom is 0.336 e. The molecule has 8 nitrogen and oxygen atoms in total. The first-order valence-electron chi connectivity index (χ1n) is 9.49. The second-order valence-electron chi connectivity index (χ2n) is 6.93. The molecule has 2 heterocycles. The van der Waals surface area contributed by atoms with Crippen molar-refractivity contribution in [1.29, 1.82) is 0 Å². The van der Waals surface area contributed by atoms with E-state index in [2.05, 4.69) is 5.43 Å².